The molecule has 0 aliphatic carbocycles. The lowest BCUT2D eigenvalue weighted by Crippen LogP contribution is -2.49. The van der Waals surface area contributed by atoms with Gasteiger partial charge in [0.2, 0.25) is 0 Å². The van der Waals surface area contributed by atoms with E-state index >= 15 is 0 Å². The summed E-state index contributed by atoms with van der Waals surface area (Å²) in [7, 11) is 0. The maximum Gasteiger partial charge on any atom is 0.416 e. The molecule has 3 heterocycles. The third kappa shape index (κ3) is 6.59. The van der Waals surface area contributed by atoms with E-state index in [4.69, 9.17) is 4.74 Å². The summed E-state index contributed by atoms with van der Waals surface area (Å²) in [5.74, 6) is -0.795. The van der Waals surface area contributed by atoms with Crippen LogP contribution in [0.15, 0.2) is 42.9 Å². The molecule has 2 N–H and O–H groups in total. The maximum absolute atomic E-state index is 13.2. The van der Waals surface area contributed by atoms with Gasteiger partial charge in [-0.15, -0.1) is 0 Å². The Labute approximate surface area is 224 Å². The normalized spacial score (nSPS) is 17.9. The van der Waals surface area contributed by atoms with E-state index in [0.29, 0.717) is 37.4 Å². The minimum Gasteiger partial charge on any atom is -0.374 e. The molecule has 9 nitrogen and oxygen atoms in total. The molecule has 1 aliphatic rings. The molecule has 4 rings (SSSR count). The van der Waals surface area contributed by atoms with Crippen LogP contribution in [0.1, 0.15) is 65.9 Å². The number of aromatic nitrogens is 4. The molecule has 15 heteroatoms. The second kappa shape index (κ2) is 10.8. The zero-order valence-electron chi connectivity index (χ0n) is 21.6. The van der Waals surface area contributed by atoms with Crippen molar-refractivity contribution in [2.45, 2.75) is 51.0 Å². The molecule has 0 bridgehead atoms. The van der Waals surface area contributed by atoms with Crippen molar-refractivity contribution in [3.63, 3.8) is 0 Å². The van der Waals surface area contributed by atoms with Crippen LogP contribution in [-0.2, 0) is 17.1 Å². The molecule has 1 amide bonds. The first kappa shape index (κ1) is 29.4. The summed E-state index contributed by atoms with van der Waals surface area (Å²) in [5.41, 5.74) is -3.94. The second-order valence-electron chi connectivity index (χ2n) is 9.92. The van der Waals surface area contributed by atoms with Crippen LogP contribution >= 0.6 is 0 Å². The standard InChI is InChI=1S/C25H26F6N6O3/c1-14(35-21(38)16-8-17(24(26,27)28)10-18(9-16)25(29,30)31)20-33-13-34-37(20)19-5-4-15(11-32-19)22(39)36-6-7-40-23(2,3)12-36/h4-5,8-11,13-14,22,39H,6-7,12H2,1-3H3,(H,35,38)/t14-,22?/m0/s1. The van der Waals surface area contributed by atoms with Gasteiger partial charge in [0.15, 0.2) is 11.6 Å². The number of pyridine rings is 1. The van der Waals surface area contributed by atoms with Crippen LogP contribution in [0, 0.1) is 0 Å². The number of aliphatic hydroxyl groups excluding tert-OH is 1. The fraction of sp³-hybridized carbons (Fsp3) is 0.440. The number of aliphatic hydroxyl groups is 1. The number of hydrogen-bond acceptors (Lipinski definition) is 7. The number of carbonyl (C=O) groups is 1. The smallest absolute Gasteiger partial charge is 0.374 e. The molecule has 3 aromatic rings. The van der Waals surface area contributed by atoms with Crippen LogP contribution in [0.4, 0.5) is 26.3 Å². The van der Waals surface area contributed by atoms with Gasteiger partial charge in [0, 0.05) is 30.4 Å². The van der Waals surface area contributed by atoms with E-state index < -0.39 is 52.8 Å². The Hall–Kier alpha value is -3.56. The SMILES string of the molecule is C[C@H](NC(=O)c1cc(C(F)(F)F)cc(C(F)(F)F)c1)c1ncnn1-c1ccc(C(O)N2CCOC(C)(C)C2)cn1. The average molecular weight is 573 g/mol. The Morgan fingerprint density at radius 1 is 1.07 bits per heavy atom. The van der Waals surface area contributed by atoms with E-state index in [9.17, 15) is 36.2 Å². The summed E-state index contributed by atoms with van der Waals surface area (Å²) in [6, 6.07) is 2.85. The van der Waals surface area contributed by atoms with Crippen LogP contribution in [0.25, 0.3) is 5.82 Å². The van der Waals surface area contributed by atoms with E-state index in [2.05, 4.69) is 20.4 Å². The molecule has 1 fully saturated rings. The summed E-state index contributed by atoms with van der Waals surface area (Å²) in [5, 5.41) is 17.2. The van der Waals surface area contributed by atoms with E-state index in [1.807, 2.05) is 18.7 Å². The average Bonchev–Trinajstić information content (AvgIpc) is 3.37. The van der Waals surface area contributed by atoms with Crippen molar-refractivity contribution in [1.82, 2.24) is 30.0 Å². The quantitative estimate of drug-likeness (QED) is 0.425. The first-order valence-electron chi connectivity index (χ1n) is 12.1. The van der Waals surface area contributed by atoms with Crippen molar-refractivity contribution in [3.8, 4) is 5.82 Å². The van der Waals surface area contributed by atoms with E-state index in [-0.39, 0.29) is 17.7 Å². The van der Waals surface area contributed by atoms with E-state index in [0.717, 1.165) is 6.33 Å². The van der Waals surface area contributed by atoms with Crippen molar-refractivity contribution in [3.05, 3.63) is 70.9 Å². The molecule has 2 atom stereocenters. The van der Waals surface area contributed by atoms with Gasteiger partial charge >= 0.3 is 12.4 Å². The monoisotopic (exact) mass is 572 g/mol. The zero-order valence-corrected chi connectivity index (χ0v) is 21.6. The highest BCUT2D eigenvalue weighted by Gasteiger charge is 2.38. The van der Waals surface area contributed by atoms with Crippen LogP contribution in [0.5, 0.6) is 0 Å². The van der Waals surface area contributed by atoms with Crippen LogP contribution in [-0.4, -0.2) is 61.0 Å². The highest BCUT2D eigenvalue weighted by Crippen LogP contribution is 2.36. The molecule has 2 aromatic heterocycles. The molecular formula is C25H26F6N6O3. The molecule has 1 aliphatic heterocycles. The van der Waals surface area contributed by atoms with Gasteiger partial charge in [0.25, 0.3) is 5.91 Å². The van der Waals surface area contributed by atoms with Gasteiger partial charge in [-0.05, 0) is 51.1 Å². The number of benzene rings is 1. The second-order valence-corrected chi connectivity index (χ2v) is 9.92. The molecule has 0 spiro atoms. The fourth-order valence-corrected chi connectivity index (χ4v) is 4.30. The van der Waals surface area contributed by atoms with Gasteiger partial charge in [0.1, 0.15) is 12.6 Å². The topological polar surface area (TPSA) is 105 Å². The largest absolute Gasteiger partial charge is 0.416 e. The Kier molecular flexibility index (Phi) is 7.93. The number of morpholine rings is 1. The van der Waals surface area contributed by atoms with E-state index in [1.165, 1.54) is 17.8 Å². The molecule has 1 aromatic carbocycles. The maximum atomic E-state index is 13.2. The summed E-state index contributed by atoms with van der Waals surface area (Å²) in [6.07, 6.45) is -8.52. The highest BCUT2D eigenvalue weighted by molar-refractivity contribution is 5.94. The van der Waals surface area contributed by atoms with E-state index in [1.54, 1.807) is 12.1 Å². The Morgan fingerprint density at radius 3 is 2.27 bits per heavy atom. The lowest BCUT2D eigenvalue weighted by atomic mass is 10.0. The summed E-state index contributed by atoms with van der Waals surface area (Å²) < 4.78 is 86.1. The van der Waals surface area contributed by atoms with Crippen molar-refractivity contribution in [1.29, 1.82) is 0 Å². The molecule has 40 heavy (non-hydrogen) atoms. The van der Waals surface area contributed by atoms with Crippen molar-refractivity contribution >= 4 is 5.91 Å². The third-order valence-corrected chi connectivity index (χ3v) is 6.25. The minimum atomic E-state index is -5.09. The molecule has 0 radical (unpaired) electrons. The zero-order chi connectivity index (χ0) is 29.5. The van der Waals surface area contributed by atoms with Gasteiger partial charge in [-0.3, -0.25) is 9.69 Å². The van der Waals surface area contributed by atoms with Gasteiger partial charge in [-0.2, -0.15) is 36.1 Å². The van der Waals surface area contributed by atoms with Gasteiger partial charge < -0.3 is 15.2 Å². The summed E-state index contributed by atoms with van der Waals surface area (Å²) in [6.45, 7) is 6.75. The number of carbonyl (C=O) groups excluding carboxylic acids is 1. The van der Waals surface area contributed by atoms with Crippen molar-refractivity contribution in [2.24, 2.45) is 0 Å². The molecule has 0 saturated carbocycles. The van der Waals surface area contributed by atoms with Gasteiger partial charge in [-0.1, -0.05) is 0 Å². The minimum absolute atomic E-state index is 0.0525. The molecular weight excluding hydrogens is 546 g/mol. The number of ether oxygens (including phenoxy) is 1. The summed E-state index contributed by atoms with van der Waals surface area (Å²) >= 11 is 0. The lowest BCUT2D eigenvalue weighted by Gasteiger charge is -2.40. The number of halogens is 6. The molecule has 1 saturated heterocycles. The number of amides is 1. The predicted molar refractivity (Wildman–Crippen MR) is 128 cm³/mol. The lowest BCUT2D eigenvalue weighted by molar-refractivity contribution is -0.143. The van der Waals surface area contributed by atoms with Crippen LogP contribution < -0.4 is 5.32 Å². The van der Waals surface area contributed by atoms with Crippen molar-refractivity contribution in [2.75, 3.05) is 19.7 Å². The number of nitrogens with zero attached hydrogens (tertiary/aromatic N) is 5. The number of alkyl halides is 6. The Morgan fingerprint density at radius 2 is 1.73 bits per heavy atom. The van der Waals surface area contributed by atoms with Gasteiger partial charge in [-0.25, -0.2) is 9.97 Å². The number of hydrogen-bond donors (Lipinski definition) is 2. The third-order valence-electron chi connectivity index (χ3n) is 6.25. The first-order valence-corrected chi connectivity index (χ1v) is 12.1. The number of rotatable bonds is 6. The highest BCUT2D eigenvalue weighted by atomic mass is 19.4. The van der Waals surface area contributed by atoms with Crippen LogP contribution in [0.3, 0.4) is 0 Å². The van der Waals surface area contributed by atoms with Crippen molar-refractivity contribution < 1.29 is 41.0 Å². The molecule has 216 valence electrons. The molecule has 1 unspecified atom stereocenters. The number of nitrogens with one attached hydrogen (secondary N) is 1. The van der Waals surface area contributed by atoms with Crippen LogP contribution in [0.2, 0.25) is 0 Å². The Bertz CT molecular complexity index is 1320. The first-order chi connectivity index (χ1) is 18.5. The Balaban J connectivity index is 1.52. The summed E-state index contributed by atoms with van der Waals surface area (Å²) in [4.78, 5) is 22.9. The predicted octanol–water partition coefficient (Wildman–Crippen LogP) is 4.29. The van der Waals surface area contributed by atoms with Gasteiger partial charge in [0.05, 0.1) is 29.4 Å². The fourth-order valence-electron chi connectivity index (χ4n) is 4.30.